The van der Waals surface area contributed by atoms with Crippen molar-refractivity contribution >= 4 is 34.9 Å². The van der Waals surface area contributed by atoms with Crippen LogP contribution in [0, 0.1) is 17.5 Å². The Balaban J connectivity index is 0.00000259. The number of hydrogen-bond donors (Lipinski definition) is 1. The summed E-state index contributed by atoms with van der Waals surface area (Å²) in [4.78, 5) is 20.0. The van der Waals surface area contributed by atoms with Crippen LogP contribution in [0.5, 0.6) is 0 Å². The molecule has 0 aliphatic carbocycles. The van der Waals surface area contributed by atoms with Crippen LogP contribution in [0.15, 0.2) is 36.5 Å². The number of aromatic amines is 1. The summed E-state index contributed by atoms with van der Waals surface area (Å²) in [6.45, 7) is 6.39. The molecule has 5 rings (SSSR count). The van der Waals surface area contributed by atoms with Crippen LogP contribution in [-0.4, -0.2) is 42.0 Å². The number of aromatic nitrogens is 1. The average molecular weight is 478 g/mol. The number of anilines is 1. The highest BCUT2D eigenvalue weighted by molar-refractivity contribution is 6.07. The predicted octanol–water partition coefficient (Wildman–Crippen LogP) is 5.51. The summed E-state index contributed by atoms with van der Waals surface area (Å²) in [5, 5.41) is 1.07. The van der Waals surface area contributed by atoms with E-state index >= 15 is 0 Å². The fourth-order valence-corrected chi connectivity index (χ4v) is 5.21. The predicted molar refractivity (Wildman–Crippen MR) is 126 cm³/mol. The maximum atomic E-state index is 13.9. The summed E-state index contributed by atoms with van der Waals surface area (Å²) < 4.78 is 41.1. The Hall–Kier alpha value is -2.51. The number of rotatable bonds is 4. The number of hydrogen-bond acceptors (Lipinski definition) is 2. The Kier molecular flexibility index (Phi) is 6.22. The molecule has 8 heteroatoms. The minimum Gasteiger partial charge on any atom is -0.361 e. The fourth-order valence-electron chi connectivity index (χ4n) is 5.21. The molecule has 3 aromatic rings. The molecular formula is C25H27ClF3N3O. The Morgan fingerprint density at radius 2 is 1.73 bits per heavy atom. The summed E-state index contributed by atoms with van der Waals surface area (Å²) in [7, 11) is 0. The molecule has 176 valence electrons. The molecular weight excluding hydrogens is 451 g/mol. The van der Waals surface area contributed by atoms with Crippen LogP contribution in [0.2, 0.25) is 0 Å². The van der Waals surface area contributed by atoms with Crippen molar-refractivity contribution in [3.63, 3.8) is 0 Å². The summed E-state index contributed by atoms with van der Waals surface area (Å²) >= 11 is 0. The van der Waals surface area contributed by atoms with Crippen LogP contribution in [0.1, 0.15) is 43.7 Å². The molecule has 0 unspecified atom stereocenters. The lowest BCUT2D eigenvalue weighted by atomic mass is 9.86. The van der Waals surface area contributed by atoms with Gasteiger partial charge in [0, 0.05) is 36.3 Å². The van der Waals surface area contributed by atoms with Crippen LogP contribution in [0.25, 0.3) is 10.9 Å². The number of fused-ring (bicyclic) bond motifs is 2. The highest BCUT2D eigenvalue weighted by Crippen LogP contribution is 2.42. The van der Waals surface area contributed by atoms with Crippen molar-refractivity contribution in [2.24, 2.45) is 0 Å². The molecule has 33 heavy (non-hydrogen) atoms. The van der Waals surface area contributed by atoms with Crippen molar-refractivity contribution in [2.45, 2.75) is 38.0 Å². The molecule has 0 spiro atoms. The number of H-pyrrole nitrogens is 1. The van der Waals surface area contributed by atoms with E-state index in [-0.39, 0.29) is 24.1 Å². The molecule has 0 atom stereocenters. The van der Waals surface area contributed by atoms with E-state index in [1.54, 1.807) is 18.7 Å². The second kappa shape index (κ2) is 8.69. The van der Waals surface area contributed by atoms with E-state index in [2.05, 4.69) is 9.88 Å². The van der Waals surface area contributed by atoms with Crippen molar-refractivity contribution in [3.8, 4) is 0 Å². The zero-order valence-electron chi connectivity index (χ0n) is 18.6. The first-order valence-corrected chi connectivity index (χ1v) is 11.1. The first-order valence-electron chi connectivity index (χ1n) is 11.1. The topological polar surface area (TPSA) is 39.3 Å². The van der Waals surface area contributed by atoms with Crippen molar-refractivity contribution < 1.29 is 18.0 Å². The van der Waals surface area contributed by atoms with Crippen molar-refractivity contribution in [2.75, 3.05) is 31.1 Å². The normalized spacial score (nSPS) is 18.6. The molecule has 1 fully saturated rings. The van der Waals surface area contributed by atoms with Crippen LogP contribution in [-0.2, 0) is 10.2 Å². The molecule has 3 heterocycles. The molecule has 4 nitrogen and oxygen atoms in total. The Bertz CT molecular complexity index is 1200. The third-order valence-electron chi connectivity index (χ3n) is 7.13. The van der Waals surface area contributed by atoms with Gasteiger partial charge in [-0.05, 0) is 81.1 Å². The SMILES string of the molecule is CC1(C)C(=O)N(CCN2CCC(c3c[nH]c4cc(F)ccc34)CC2)c2cc(F)c(F)cc21.Cl. The van der Waals surface area contributed by atoms with E-state index in [1.807, 2.05) is 12.3 Å². The molecule has 1 aromatic heterocycles. The third-order valence-corrected chi connectivity index (χ3v) is 7.13. The molecule has 2 aliphatic heterocycles. The summed E-state index contributed by atoms with van der Waals surface area (Å²) in [5.41, 5.74) is 2.18. The Morgan fingerprint density at radius 3 is 2.45 bits per heavy atom. The van der Waals surface area contributed by atoms with E-state index in [4.69, 9.17) is 0 Å². The Labute approximate surface area is 197 Å². The van der Waals surface area contributed by atoms with E-state index in [0.717, 1.165) is 49.0 Å². The lowest BCUT2D eigenvalue weighted by Crippen LogP contribution is -2.43. The monoisotopic (exact) mass is 477 g/mol. The second-order valence-corrected chi connectivity index (χ2v) is 9.42. The van der Waals surface area contributed by atoms with Crippen LogP contribution >= 0.6 is 12.4 Å². The number of nitrogens with zero attached hydrogens (tertiary/aromatic N) is 2. The maximum Gasteiger partial charge on any atom is 0.237 e. The van der Waals surface area contributed by atoms with Crippen molar-refractivity contribution in [1.82, 2.24) is 9.88 Å². The number of halogens is 4. The van der Waals surface area contributed by atoms with Gasteiger partial charge in [-0.25, -0.2) is 13.2 Å². The van der Waals surface area contributed by atoms with E-state index in [0.29, 0.717) is 30.3 Å². The van der Waals surface area contributed by atoms with Crippen LogP contribution in [0.4, 0.5) is 18.9 Å². The first-order chi connectivity index (χ1) is 15.3. The number of carbonyl (C=O) groups excluding carboxylic acids is 1. The average Bonchev–Trinajstić information content (AvgIpc) is 3.25. The summed E-state index contributed by atoms with van der Waals surface area (Å²) in [5.74, 6) is -1.83. The molecule has 1 saturated heterocycles. The zero-order valence-corrected chi connectivity index (χ0v) is 19.4. The first kappa shape index (κ1) is 23.6. The van der Waals surface area contributed by atoms with Gasteiger partial charge in [0.05, 0.1) is 11.1 Å². The van der Waals surface area contributed by atoms with E-state index in [1.165, 1.54) is 17.7 Å². The lowest BCUT2D eigenvalue weighted by Gasteiger charge is -2.33. The zero-order chi connectivity index (χ0) is 22.6. The molecule has 0 radical (unpaired) electrons. The highest BCUT2D eigenvalue weighted by atomic mass is 35.5. The number of nitrogens with one attached hydrogen (secondary N) is 1. The second-order valence-electron chi connectivity index (χ2n) is 9.42. The molecule has 0 bridgehead atoms. The van der Waals surface area contributed by atoms with E-state index < -0.39 is 17.0 Å². The number of amides is 1. The molecule has 1 N–H and O–H groups in total. The molecule has 0 saturated carbocycles. The molecule has 2 aliphatic rings. The minimum atomic E-state index is -0.932. The minimum absolute atomic E-state index is 0. The van der Waals surface area contributed by atoms with Gasteiger partial charge in [0.2, 0.25) is 5.91 Å². The van der Waals surface area contributed by atoms with Gasteiger partial charge in [-0.15, -0.1) is 12.4 Å². The number of piperidine rings is 1. The van der Waals surface area contributed by atoms with Gasteiger partial charge in [0.1, 0.15) is 5.82 Å². The Morgan fingerprint density at radius 1 is 1.03 bits per heavy atom. The van der Waals surface area contributed by atoms with Crippen LogP contribution in [0.3, 0.4) is 0 Å². The van der Waals surface area contributed by atoms with Crippen molar-refractivity contribution in [1.29, 1.82) is 0 Å². The van der Waals surface area contributed by atoms with Gasteiger partial charge in [-0.3, -0.25) is 4.79 Å². The molecule has 2 aromatic carbocycles. The third kappa shape index (κ3) is 4.02. The van der Waals surface area contributed by atoms with Crippen molar-refractivity contribution in [3.05, 3.63) is 65.1 Å². The van der Waals surface area contributed by atoms with Crippen LogP contribution < -0.4 is 4.90 Å². The van der Waals surface area contributed by atoms with Gasteiger partial charge < -0.3 is 14.8 Å². The van der Waals surface area contributed by atoms with E-state index in [9.17, 15) is 18.0 Å². The quantitative estimate of drug-likeness (QED) is 0.538. The van der Waals surface area contributed by atoms with Gasteiger partial charge in [0.15, 0.2) is 11.6 Å². The van der Waals surface area contributed by atoms with Gasteiger partial charge in [0.25, 0.3) is 0 Å². The van der Waals surface area contributed by atoms with Gasteiger partial charge >= 0.3 is 0 Å². The number of carbonyl (C=O) groups is 1. The lowest BCUT2D eigenvalue weighted by molar-refractivity contribution is -0.122. The number of likely N-dealkylation sites (tertiary alicyclic amines) is 1. The largest absolute Gasteiger partial charge is 0.361 e. The van der Waals surface area contributed by atoms with Gasteiger partial charge in [-0.1, -0.05) is 0 Å². The van der Waals surface area contributed by atoms with Gasteiger partial charge in [-0.2, -0.15) is 0 Å². The maximum absolute atomic E-state index is 13.9. The fraction of sp³-hybridized carbons (Fsp3) is 0.400. The summed E-state index contributed by atoms with van der Waals surface area (Å²) in [6, 6.07) is 7.15. The standard InChI is InChI=1S/C25H26F3N3O.ClH/c1-25(2)19-12-20(27)21(28)13-23(19)31(24(25)32)10-9-30-7-5-15(6-8-30)18-14-29-22-11-16(26)3-4-17(18)22;/h3-4,11-15,29H,5-10H2,1-2H3;1H. The number of benzene rings is 2. The summed E-state index contributed by atoms with van der Waals surface area (Å²) in [6.07, 6.45) is 3.93. The smallest absolute Gasteiger partial charge is 0.237 e. The molecule has 1 amide bonds. The highest BCUT2D eigenvalue weighted by Gasteiger charge is 2.44.